The Hall–Kier alpha value is -0.0209. The Bertz CT molecular complexity index is 822. The maximum absolute atomic E-state index is 10.3. The number of carboxylic acid groups (broad SMARTS) is 9. The van der Waals surface area contributed by atoms with Gasteiger partial charge in [0.25, 0.3) is 0 Å². The van der Waals surface area contributed by atoms with Crippen molar-refractivity contribution >= 4 is 53.7 Å². The normalized spacial score (nSPS) is 9.84. The number of carbonyl (C=O) groups excluding carboxylic acids is 3. The van der Waals surface area contributed by atoms with Crippen LogP contribution < -0.4 is 169 Å². The van der Waals surface area contributed by atoms with Crippen LogP contribution in [0.3, 0.4) is 0 Å². The van der Waals surface area contributed by atoms with Crippen LogP contribution in [0.5, 0.6) is 0 Å². The topological polar surface area (TPSA) is 436 Å². The fraction of sp³-hybridized carbons (Fsp3) is 0.500. The van der Waals surface area contributed by atoms with Gasteiger partial charge in [-0.3, -0.25) is 19.2 Å². The minimum Gasteiger partial charge on any atom is -0.550 e. The van der Waals surface area contributed by atoms with Crippen molar-refractivity contribution in [3.63, 3.8) is 0 Å². The van der Waals surface area contributed by atoms with Gasteiger partial charge in [0.2, 0.25) is 0 Å². The average Bonchev–Trinajstić information content (AvgIpc) is 2.64. The monoisotopic (exact) mass is 708 g/mol. The molecular weight excluding hydrogens is 685 g/mol. The van der Waals surface area contributed by atoms with Crippen molar-refractivity contribution in [2.75, 3.05) is 0 Å². The number of aliphatic carboxylic acids is 9. The fourth-order valence-corrected chi connectivity index (χ4v) is 2.11. The van der Waals surface area contributed by atoms with E-state index in [1.807, 2.05) is 0 Å². The van der Waals surface area contributed by atoms with Crippen LogP contribution in [-0.2, 0) is 43.2 Å². The van der Waals surface area contributed by atoms with Crippen LogP contribution in [0.4, 0.5) is 0 Å². The molecule has 11 N–H and O–H groups in total. The number of rotatable bonds is 15. The molecule has 0 amide bonds. The first-order valence-corrected chi connectivity index (χ1v) is 9.45. The van der Waals surface area contributed by atoms with Gasteiger partial charge in [0.15, 0.2) is 11.2 Å². The van der Waals surface area contributed by atoms with Crippen LogP contribution in [0.15, 0.2) is 0 Å². The van der Waals surface area contributed by atoms with Gasteiger partial charge in [0, 0.05) is 24.8 Å². The van der Waals surface area contributed by atoms with Gasteiger partial charge in [-0.2, -0.15) is 0 Å². The molecule has 0 aromatic carbocycles. The van der Waals surface area contributed by atoms with Crippen LogP contribution >= 0.6 is 0 Å². The van der Waals surface area contributed by atoms with Crippen molar-refractivity contribution < 1.29 is 264 Å². The summed E-state index contributed by atoms with van der Waals surface area (Å²) in [6.45, 7) is 0. The van der Waals surface area contributed by atoms with Crippen LogP contribution in [-0.4, -0.2) is 122 Å². The Kier molecular flexibility index (Phi) is 36.9. The molecule has 230 valence electrons. The SMILES string of the molecule is O.O=C(O)CC(O)(CC(=O)O)C(=O)O.O=C(O)CC(O)(CC(=O)O)C(=O)O.O=C([O-])CC(O)(CC(=O)[O-])C(=O)[O-].[K+].[K+].[K+]. The summed E-state index contributed by atoms with van der Waals surface area (Å²) in [5.74, 6) is -16.0. The molecule has 22 nitrogen and oxygen atoms in total. The maximum Gasteiger partial charge on any atom is 1.00 e. The van der Waals surface area contributed by atoms with Crippen LogP contribution in [0, 0.1) is 0 Å². The first-order chi connectivity index (χ1) is 17.3. The molecule has 0 aliphatic heterocycles. The third-order valence-electron chi connectivity index (χ3n) is 3.82. The van der Waals surface area contributed by atoms with Crippen LogP contribution in [0.1, 0.15) is 38.5 Å². The van der Waals surface area contributed by atoms with Gasteiger partial charge in [-0.05, 0) is 0 Å². The molecular formula is C18H23K3O22. The second-order valence-electron chi connectivity index (χ2n) is 7.37. The molecule has 25 heteroatoms. The summed E-state index contributed by atoms with van der Waals surface area (Å²) in [5, 5.41) is 107. The molecule has 0 saturated carbocycles. The summed E-state index contributed by atoms with van der Waals surface area (Å²) >= 11 is 0. The van der Waals surface area contributed by atoms with E-state index < -0.39 is 109 Å². The second-order valence-corrected chi connectivity index (χ2v) is 7.37. The number of carboxylic acids is 9. The van der Waals surface area contributed by atoms with E-state index in [4.69, 9.17) is 46.0 Å². The minimum atomic E-state index is -2.97. The zero-order valence-electron chi connectivity index (χ0n) is 22.7. The Labute approximate surface area is 366 Å². The van der Waals surface area contributed by atoms with Crippen molar-refractivity contribution in [2.45, 2.75) is 55.3 Å². The molecule has 0 fully saturated rings. The summed E-state index contributed by atoms with van der Waals surface area (Å²) in [6, 6.07) is 0. The minimum absolute atomic E-state index is 0. The van der Waals surface area contributed by atoms with E-state index in [0.29, 0.717) is 0 Å². The quantitative estimate of drug-likeness (QED) is 0.0713. The van der Waals surface area contributed by atoms with Crippen molar-refractivity contribution in [2.24, 2.45) is 0 Å². The van der Waals surface area contributed by atoms with Gasteiger partial charge < -0.3 is 81.1 Å². The zero-order valence-corrected chi connectivity index (χ0v) is 32.0. The Morgan fingerprint density at radius 1 is 0.419 bits per heavy atom. The van der Waals surface area contributed by atoms with Gasteiger partial charge in [-0.15, -0.1) is 0 Å². The third kappa shape index (κ3) is 29.1. The summed E-state index contributed by atoms with van der Waals surface area (Å²) < 4.78 is 0. The number of carbonyl (C=O) groups is 9. The smallest absolute Gasteiger partial charge is 0.550 e. The molecule has 0 rings (SSSR count). The number of hydrogen-bond acceptors (Lipinski definition) is 15. The number of hydrogen-bond donors (Lipinski definition) is 9. The maximum atomic E-state index is 10.3. The molecule has 0 aliphatic carbocycles. The van der Waals surface area contributed by atoms with E-state index in [-0.39, 0.29) is 160 Å². The Morgan fingerprint density at radius 3 is 0.698 bits per heavy atom. The predicted octanol–water partition coefficient (Wildman–Crippen LogP) is -17.6. The average molecular weight is 709 g/mol. The summed E-state index contributed by atoms with van der Waals surface area (Å²) in [7, 11) is 0. The first kappa shape index (κ1) is 58.5. The molecule has 0 spiro atoms. The van der Waals surface area contributed by atoms with E-state index in [2.05, 4.69) is 0 Å². The van der Waals surface area contributed by atoms with Crippen molar-refractivity contribution in [3.8, 4) is 0 Å². The van der Waals surface area contributed by atoms with Crippen molar-refractivity contribution in [1.82, 2.24) is 0 Å². The molecule has 0 atom stereocenters. The van der Waals surface area contributed by atoms with Crippen molar-refractivity contribution in [1.29, 1.82) is 0 Å². The van der Waals surface area contributed by atoms with Gasteiger partial charge in [-0.1, -0.05) is 0 Å². The molecule has 0 bridgehead atoms. The van der Waals surface area contributed by atoms with E-state index in [1.54, 1.807) is 0 Å². The summed E-state index contributed by atoms with van der Waals surface area (Å²) in [4.78, 5) is 91.0. The standard InChI is InChI=1S/3C6H8O7.3K.H2O/c3*7-3(8)1-6(13,5(11)12)2-4(9)10;;;;/h3*13H,1-2H2,(H,7,8)(H,9,10)(H,11,12);;;;1H2/q;;;3*+1;/p-3. The van der Waals surface area contributed by atoms with E-state index in [0.717, 1.165) is 0 Å². The third-order valence-corrected chi connectivity index (χ3v) is 3.82. The van der Waals surface area contributed by atoms with Crippen molar-refractivity contribution in [3.05, 3.63) is 0 Å². The van der Waals surface area contributed by atoms with E-state index in [9.17, 15) is 58.5 Å². The molecule has 0 saturated heterocycles. The molecule has 0 aromatic heterocycles. The molecule has 0 aliphatic rings. The molecule has 43 heavy (non-hydrogen) atoms. The molecule has 0 aromatic rings. The first-order valence-electron chi connectivity index (χ1n) is 9.45. The molecule has 0 radical (unpaired) electrons. The Morgan fingerprint density at radius 2 is 0.605 bits per heavy atom. The largest absolute Gasteiger partial charge is 1.00 e. The van der Waals surface area contributed by atoms with Gasteiger partial charge >= 0.3 is 190 Å². The predicted molar refractivity (Wildman–Crippen MR) is 107 cm³/mol. The van der Waals surface area contributed by atoms with E-state index in [1.165, 1.54) is 0 Å². The van der Waals surface area contributed by atoms with Gasteiger partial charge in [0.1, 0.15) is 5.60 Å². The van der Waals surface area contributed by atoms with Crippen LogP contribution in [0.2, 0.25) is 0 Å². The fourth-order valence-electron chi connectivity index (χ4n) is 2.11. The van der Waals surface area contributed by atoms with Crippen LogP contribution in [0.25, 0.3) is 0 Å². The molecule has 0 unspecified atom stereocenters. The molecule has 0 heterocycles. The van der Waals surface area contributed by atoms with Gasteiger partial charge in [-0.25, -0.2) is 9.59 Å². The second kappa shape index (κ2) is 27.1. The summed E-state index contributed by atoms with van der Waals surface area (Å²) in [6.07, 6.45) is -7.29. The Balaban J connectivity index is -0.0000000864. The number of aliphatic hydroxyl groups is 3. The van der Waals surface area contributed by atoms with E-state index >= 15 is 0 Å². The summed E-state index contributed by atoms with van der Waals surface area (Å²) in [5.41, 5.74) is -8.45. The zero-order chi connectivity index (χ0) is 31.9. The van der Waals surface area contributed by atoms with Gasteiger partial charge in [0.05, 0.1) is 31.7 Å².